The first kappa shape index (κ1) is 23.1. The van der Waals surface area contributed by atoms with Gasteiger partial charge in [-0.2, -0.15) is 0 Å². The molecule has 2 fully saturated rings. The van der Waals surface area contributed by atoms with Crippen molar-refractivity contribution in [1.82, 2.24) is 4.90 Å². The van der Waals surface area contributed by atoms with E-state index in [2.05, 4.69) is 20.8 Å². The van der Waals surface area contributed by atoms with Crippen LogP contribution in [0.25, 0.3) is 5.76 Å². The Hall–Kier alpha value is -3.06. The molecule has 1 N–H and O–H groups in total. The Morgan fingerprint density at radius 3 is 2.64 bits per heavy atom. The Morgan fingerprint density at radius 1 is 1.24 bits per heavy atom. The number of rotatable bonds is 6. The van der Waals surface area contributed by atoms with Crippen molar-refractivity contribution in [3.63, 3.8) is 0 Å². The van der Waals surface area contributed by atoms with Gasteiger partial charge >= 0.3 is 0 Å². The predicted octanol–water partition coefficient (Wildman–Crippen LogP) is 4.58. The maximum absolute atomic E-state index is 13.1. The van der Waals surface area contributed by atoms with Gasteiger partial charge in [-0.15, -0.1) is 0 Å². The van der Waals surface area contributed by atoms with Gasteiger partial charge in [-0.3, -0.25) is 9.59 Å². The summed E-state index contributed by atoms with van der Waals surface area (Å²) in [5, 5.41) is 11.3. The molecule has 176 valence electrons. The Balaban J connectivity index is 1.81. The SMILES string of the molecule is CCOc1ccc(/C(O)=C2/C(=O)C(=O)N(CC3CCCO3)C2c2ccco2)cc1C(C)(C)C. The van der Waals surface area contributed by atoms with Crippen LogP contribution >= 0.6 is 0 Å². The van der Waals surface area contributed by atoms with Crippen molar-refractivity contribution < 1.29 is 28.6 Å². The molecule has 2 aliphatic rings. The molecule has 33 heavy (non-hydrogen) atoms. The number of ether oxygens (including phenoxy) is 2. The molecule has 2 unspecified atom stereocenters. The molecule has 0 radical (unpaired) electrons. The summed E-state index contributed by atoms with van der Waals surface area (Å²) in [6.45, 7) is 9.50. The number of carbonyl (C=O) groups excluding carboxylic acids is 2. The first-order valence-corrected chi connectivity index (χ1v) is 11.4. The third kappa shape index (κ3) is 4.42. The van der Waals surface area contributed by atoms with E-state index in [9.17, 15) is 14.7 Å². The monoisotopic (exact) mass is 453 g/mol. The first-order valence-electron chi connectivity index (χ1n) is 11.4. The van der Waals surface area contributed by atoms with E-state index in [1.165, 1.54) is 11.2 Å². The predicted molar refractivity (Wildman–Crippen MR) is 123 cm³/mol. The normalized spacial score (nSPS) is 22.8. The molecule has 4 rings (SSSR count). The second-order valence-electron chi connectivity index (χ2n) is 9.50. The third-order valence-electron chi connectivity index (χ3n) is 6.14. The van der Waals surface area contributed by atoms with E-state index < -0.39 is 17.7 Å². The summed E-state index contributed by atoms with van der Waals surface area (Å²) in [6.07, 6.45) is 3.10. The maximum Gasteiger partial charge on any atom is 0.295 e. The Kier molecular flexibility index (Phi) is 6.34. The number of furan rings is 1. The minimum Gasteiger partial charge on any atom is -0.507 e. The highest BCUT2D eigenvalue weighted by atomic mass is 16.5. The fraction of sp³-hybridized carbons (Fsp3) is 0.462. The van der Waals surface area contributed by atoms with Crippen LogP contribution in [-0.4, -0.2) is 47.6 Å². The fourth-order valence-corrected chi connectivity index (χ4v) is 4.52. The Labute approximate surface area is 194 Å². The molecular weight excluding hydrogens is 422 g/mol. The largest absolute Gasteiger partial charge is 0.507 e. The van der Waals surface area contributed by atoms with Gasteiger partial charge in [0, 0.05) is 24.3 Å². The second-order valence-corrected chi connectivity index (χ2v) is 9.50. The topological polar surface area (TPSA) is 89.2 Å². The summed E-state index contributed by atoms with van der Waals surface area (Å²) in [7, 11) is 0. The molecule has 7 heteroatoms. The Morgan fingerprint density at radius 2 is 2.03 bits per heavy atom. The summed E-state index contributed by atoms with van der Waals surface area (Å²) >= 11 is 0. The molecule has 0 saturated carbocycles. The van der Waals surface area contributed by atoms with E-state index in [-0.39, 0.29) is 29.4 Å². The van der Waals surface area contributed by atoms with Gasteiger partial charge in [-0.1, -0.05) is 20.8 Å². The standard InChI is InChI=1S/C26H31NO6/c1-5-31-19-11-10-16(14-18(19)26(2,3)4)23(28)21-22(20-9-7-13-33-20)27(25(30)24(21)29)15-17-8-6-12-32-17/h7,9-11,13-14,17,22,28H,5-6,8,12,15H2,1-4H3/b23-21-. The van der Waals surface area contributed by atoms with Crippen LogP contribution in [0.15, 0.2) is 46.6 Å². The number of aliphatic hydroxyl groups is 1. The second kappa shape index (κ2) is 9.06. The summed E-state index contributed by atoms with van der Waals surface area (Å²) < 4.78 is 17.1. The lowest BCUT2D eigenvalue weighted by Crippen LogP contribution is -2.36. The number of likely N-dealkylation sites (tertiary alicyclic amines) is 1. The van der Waals surface area contributed by atoms with Crippen LogP contribution in [0, 0.1) is 0 Å². The van der Waals surface area contributed by atoms with Crippen molar-refractivity contribution in [2.24, 2.45) is 0 Å². The van der Waals surface area contributed by atoms with Crippen molar-refractivity contribution in [3.05, 3.63) is 59.1 Å². The number of aliphatic hydroxyl groups excluding tert-OH is 1. The minimum absolute atomic E-state index is 0.0250. The van der Waals surface area contributed by atoms with E-state index in [1.54, 1.807) is 24.3 Å². The summed E-state index contributed by atoms with van der Waals surface area (Å²) in [5.41, 5.74) is 1.12. The molecule has 1 aromatic heterocycles. The van der Waals surface area contributed by atoms with Crippen molar-refractivity contribution in [3.8, 4) is 5.75 Å². The molecule has 2 aliphatic heterocycles. The van der Waals surface area contributed by atoms with Crippen molar-refractivity contribution in [1.29, 1.82) is 0 Å². The third-order valence-corrected chi connectivity index (χ3v) is 6.14. The lowest BCUT2D eigenvalue weighted by atomic mass is 9.84. The van der Waals surface area contributed by atoms with E-state index in [4.69, 9.17) is 13.9 Å². The van der Waals surface area contributed by atoms with Crippen LogP contribution in [0.2, 0.25) is 0 Å². The maximum atomic E-state index is 13.1. The molecule has 1 aromatic carbocycles. The summed E-state index contributed by atoms with van der Waals surface area (Å²) in [5.74, 6) is -0.453. The lowest BCUT2D eigenvalue weighted by molar-refractivity contribution is -0.141. The fourth-order valence-electron chi connectivity index (χ4n) is 4.52. The van der Waals surface area contributed by atoms with Crippen molar-refractivity contribution >= 4 is 17.4 Å². The molecule has 2 atom stereocenters. The van der Waals surface area contributed by atoms with Gasteiger partial charge in [0.1, 0.15) is 23.3 Å². The van der Waals surface area contributed by atoms with Gasteiger partial charge < -0.3 is 23.9 Å². The zero-order chi connectivity index (χ0) is 23.8. The van der Waals surface area contributed by atoms with E-state index in [0.717, 1.165) is 24.2 Å². The van der Waals surface area contributed by atoms with Crippen LogP contribution in [0.1, 0.15) is 63.5 Å². The first-order chi connectivity index (χ1) is 15.7. The number of benzene rings is 1. The smallest absolute Gasteiger partial charge is 0.295 e. The summed E-state index contributed by atoms with van der Waals surface area (Å²) in [4.78, 5) is 27.6. The molecule has 0 aliphatic carbocycles. The highest BCUT2D eigenvalue weighted by Gasteiger charge is 2.48. The molecule has 0 bridgehead atoms. The number of amides is 1. The van der Waals surface area contributed by atoms with Crippen molar-refractivity contribution in [2.45, 2.75) is 58.1 Å². The number of ketones is 1. The van der Waals surface area contributed by atoms with Crippen LogP contribution in [0.4, 0.5) is 0 Å². The van der Waals surface area contributed by atoms with E-state index in [0.29, 0.717) is 24.5 Å². The van der Waals surface area contributed by atoms with Crippen LogP contribution in [0.5, 0.6) is 5.75 Å². The van der Waals surface area contributed by atoms with Gasteiger partial charge in [0.15, 0.2) is 0 Å². The molecule has 2 saturated heterocycles. The molecular formula is C26H31NO6. The number of hydrogen-bond donors (Lipinski definition) is 1. The minimum atomic E-state index is -0.811. The van der Waals surface area contributed by atoms with Gasteiger partial charge in [0.25, 0.3) is 11.7 Å². The molecule has 0 spiro atoms. The lowest BCUT2D eigenvalue weighted by Gasteiger charge is -2.26. The van der Waals surface area contributed by atoms with E-state index in [1.807, 2.05) is 13.0 Å². The van der Waals surface area contributed by atoms with Crippen LogP contribution in [-0.2, 0) is 19.7 Å². The molecule has 1 amide bonds. The Bertz CT molecular complexity index is 1060. The zero-order valence-electron chi connectivity index (χ0n) is 19.6. The summed E-state index contributed by atoms with van der Waals surface area (Å²) in [6, 6.07) is 7.94. The van der Waals surface area contributed by atoms with Crippen molar-refractivity contribution in [2.75, 3.05) is 19.8 Å². The van der Waals surface area contributed by atoms with Gasteiger partial charge in [-0.05, 0) is 55.5 Å². The van der Waals surface area contributed by atoms with E-state index >= 15 is 0 Å². The van der Waals surface area contributed by atoms with Gasteiger partial charge in [0.05, 0.1) is 24.5 Å². The zero-order valence-corrected chi connectivity index (χ0v) is 19.6. The quantitative estimate of drug-likeness (QED) is 0.391. The van der Waals surface area contributed by atoms with Crippen LogP contribution < -0.4 is 4.74 Å². The molecule has 7 nitrogen and oxygen atoms in total. The molecule has 2 aromatic rings. The number of Topliss-reactive ketones (excluding diaryl/α,β-unsaturated/α-hetero) is 1. The highest BCUT2D eigenvalue weighted by molar-refractivity contribution is 6.46. The average molecular weight is 454 g/mol. The van der Waals surface area contributed by atoms with Gasteiger partial charge in [-0.25, -0.2) is 0 Å². The van der Waals surface area contributed by atoms with Gasteiger partial charge in [0.2, 0.25) is 0 Å². The number of nitrogens with zero attached hydrogens (tertiary/aromatic N) is 1. The van der Waals surface area contributed by atoms with Crippen LogP contribution in [0.3, 0.4) is 0 Å². The molecule has 3 heterocycles. The average Bonchev–Trinajstić information content (AvgIpc) is 3.52. The number of carbonyl (C=O) groups is 2. The number of hydrogen-bond acceptors (Lipinski definition) is 6. The highest BCUT2D eigenvalue weighted by Crippen LogP contribution is 2.41.